The van der Waals surface area contributed by atoms with Crippen LogP contribution in [-0.2, 0) is 4.79 Å². The molecule has 0 radical (unpaired) electrons. The molecule has 0 aliphatic rings. The molecule has 24 heavy (non-hydrogen) atoms. The fourth-order valence-corrected chi connectivity index (χ4v) is 2.32. The molecule has 1 amide bonds. The maximum atomic E-state index is 12.2. The zero-order chi connectivity index (χ0) is 17.2. The van der Waals surface area contributed by atoms with E-state index in [1.54, 1.807) is 0 Å². The van der Waals surface area contributed by atoms with Crippen molar-refractivity contribution in [3.8, 4) is 11.5 Å². The predicted molar refractivity (Wildman–Crippen MR) is 98.6 cm³/mol. The van der Waals surface area contributed by atoms with Crippen LogP contribution >= 0.6 is 0 Å². The third kappa shape index (κ3) is 6.05. The van der Waals surface area contributed by atoms with Crippen molar-refractivity contribution < 1.29 is 9.53 Å². The zero-order valence-corrected chi connectivity index (χ0v) is 14.5. The smallest absolute Gasteiger partial charge is 0.225 e. The Labute approximate surface area is 144 Å². The van der Waals surface area contributed by atoms with Gasteiger partial charge in [-0.2, -0.15) is 0 Å². The molecular weight excluding hydrogens is 300 g/mol. The number of unbranched alkanes of at least 4 members (excludes halogenated alkanes) is 1. The summed E-state index contributed by atoms with van der Waals surface area (Å²) in [5, 5.41) is 2.95. The Morgan fingerprint density at radius 3 is 2.50 bits per heavy atom. The van der Waals surface area contributed by atoms with E-state index in [4.69, 9.17) is 4.74 Å². The molecule has 4 nitrogen and oxygen atoms in total. The average Bonchev–Trinajstić information content (AvgIpc) is 2.61. The summed E-state index contributed by atoms with van der Waals surface area (Å²) in [6.07, 6.45) is 2.80. The van der Waals surface area contributed by atoms with Crippen LogP contribution in [0.4, 0.5) is 5.69 Å². The Bertz CT molecular complexity index is 629. The maximum absolute atomic E-state index is 12.2. The van der Waals surface area contributed by atoms with Gasteiger partial charge in [-0.1, -0.05) is 43.7 Å². The molecule has 4 heteroatoms. The van der Waals surface area contributed by atoms with Crippen LogP contribution in [0.3, 0.4) is 0 Å². The summed E-state index contributed by atoms with van der Waals surface area (Å²) in [5.74, 6) is 1.40. The SMILES string of the molecule is CCCCN(C)CCC(=O)Nc1ccccc1Oc1ccccc1. The number of benzene rings is 2. The molecule has 0 saturated heterocycles. The summed E-state index contributed by atoms with van der Waals surface area (Å²) in [6.45, 7) is 3.95. The largest absolute Gasteiger partial charge is 0.455 e. The second kappa shape index (κ2) is 9.73. The number of hydrogen-bond acceptors (Lipinski definition) is 3. The summed E-state index contributed by atoms with van der Waals surface area (Å²) in [7, 11) is 2.05. The second-order valence-electron chi connectivity index (χ2n) is 5.87. The summed E-state index contributed by atoms with van der Waals surface area (Å²) < 4.78 is 5.86. The third-order valence-corrected chi connectivity index (χ3v) is 3.75. The number of carbonyl (C=O) groups is 1. The van der Waals surface area contributed by atoms with Crippen LogP contribution in [-0.4, -0.2) is 30.9 Å². The van der Waals surface area contributed by atoms with Gasteiger partial charge in [0.05, 0.1) is 5.69 Å². The molecule has 0 unspecified atom stereocenters. The van der Waals surface area contributed by atoms with Crippen LogP contribution in [0.15, 0.2) is 54.6 Å². The molecule has 0 fully saturated rings. The lowest BCUT2D eigenvalue weighted by Crippen LogP contribution is -2.25. The number of hydrogen-bond donors (Lipinski definition) is 1. The average molecular weight is 326 g/mol. The fraction of sp³-hybridized carbons (Fsp3) is 0.350. The highest BCUT2D eigenvalue weighted by Gasteiger charge is 2.09. The first-order chi connectivity index (χ1) is 11.7. The van der Waals surface area contributed by atoms with Gasteiger partial charge >= 0.3 is 0 Å². The van der Waals surface area contributed by atoms with E-state index in [0.29, 0.717) is 17.9 Å². The van der Waals surface area contributed by atoms with E-state index < -0.39 is 0 Å². The van der Waals surface area contributed by atoms with Gasteiger partial charge in [0, 0.05) is 13.0 Å². The quantitative estimate of drug-likeness (QED) is 0.735. The van der Waals surface area contributed by atoms with Crippen LogP contribution in [0.1, 0.15) is 26.2 Å². The van der Waals surface area contributed by atoms with E-state index in [-0.39, 0.29) is 5.91 Å². The molecule has 128 valence electrons. The van der Waals surface area contributed by atoms with Gasteiger partial charge in [0.15, 0.2) is 5.75 Å². The number of rotatable bonds is 9. The normalized spacial score (nSPS) is 10.6. The molecule has 0 heterocycles. The number of nitrogens with one attached hydrogen (secondary N) is 1. The molecule has 0 saturated carbocycles. The van der Waals surface area contributed by atoms with Crippen LogP contribution in [0.5, 0.6) is 11.5 Å². The number of carbonyl (C=O) groups excluding carboxylic acids is 1. The number of nitrogens with zero attached hydrogens (tertiary/aromatic N) is 1. The maximum Gasteiger partial charge on any atom is 0.225 e. The minimum atomic E-state index is 0.00228. The van der Waals surface area contributed by atoms with Crippen molar-refractivity contribution >= 4 is 11.6 Å². The molecule has 2 rings (SSSR count). The first kappa shape index (κ1) is 18.0. The van der Waals surface area contributed by atoms with Gasteiger partial charge in [-0.3, -0.25) is 4.79 Å². The minimum Gasteiger partial charge on any atom is -0.455 e. The van der Waals surface area contributed by atoms with E-state index in [9.17, 15) is 4.79 Å². The van der Waals surface area contributed by atoms with Crippen molar-refractivity contribution in [2.45, 2.75) is 26.2 Å². The summed E-state index contributed by atoms with van der Waals surface area (Å²) in [5.41, 5.74) is 0.697. The van der Waals surface area contributed by atoms with Gasteiger partial charge in [-0.05, 0) is 44.3 Å². The molecule has 0 atom stereocenters. The number of para-hydroxylation sites is 3. The Morgan fingerprint density at radius 2 is 1.75 bits per heavy atom. The van der Waals surface area contributed by atoms with Gasteiger partial charge in [-0.15, -0.1) is 0 Å². The standard InChI is InChI=1S/C20H26N2O2/c1-3-4-15-22(2)16-14-20(23)21-18-12-8-9-13-19(18)24-17-10-6-5-7-11-17/h5-13H,3-4,14-16H2,1-2H3,(H,21,23). The molecule has 0 spiro atoms. The highest BCUT2D eigenvalue weighted by Crippen LogP contribution is 2.29. The van der Waals surface area contributed by atoms with Gasteiger partial charge in [0.1, 0.15) is 5.75 Å². The van der Waals surface area contributed by atoms with Crippen molar-refractivity contribution in [3.05, 3.63) is 54.6 Å². The van der Waals surface area contributed by atoms with Crippen LogP contribution < -0.4 is 10.1 Å². The van der Waals surface area contributed by atoms with Crippen molar-refractivity contribution in [1.29, 1.82) is 0 Å². The van der Waals surface area contributed by atoms with Crippen molar-refractivity contribution in [2.75, 3.05) is 25.5 Å². The molecule has 0 bridgehead atoms. The topological polar surface area (TPSA) is 41.6 Å². The van der Waals surface area contributed by atoms with Crippen molar-refractivity contribution in [3.63, 3.8) is 0 Å². The number of ether oxygens (including phenoxy) is 1. The Balaban J connectivity index is 1.91. The predicted octanol–water partition coefficient (Wildman–Crippen LogP) is 4.54. The monoisotopic (exact) mass is 326 g/mol. The van der Waals surface area contributed by atoms with E-state index in [0.717, 1.165) is 25.3 Å². The lowest BCUT2D eigenvalue weighted by atomic mass is 10.2. The van der Waals surface area contributed by atoms with Crippen LogP contribution in [0.25, 0.3) is 0 Å². The van der Waals surface area contributed by atoms with E-state index in [1.165, 1.54) is 6.42 Å². The molecule has 1 N–H and O–H groups in total. The van der Waals surface area contributed by atoms with E-state index in [2.05, 4.69) is 24.2 Å². The lowest BCUT2D eigenvalue weighted by molar-refractivity contribution is -0.116. The Morgan fingerprint density at radius 1 is 1.04 bits per heavy atom. The number of amides is 1. The lowest BCUT2D eigenvalue weighted by Gasteiger charge is -2.16. The highest BCUT2D eigenvalue weighted by atomic mass is 16.5. The van der Waals surface area contributed by atoms with Gasteiger partial charge < -0.3 is 15.0 Å². The molecule has 0 aliphatic carbocycles. The Kier molecular flexibility index (Phi) is 7.30. The summed E-state index contributed by atoms with van der Waals surface area (Å²) in [6, 6.07) is 17.1. The van der Waals surface area contributed by atoms with E-state index >= 15 is 0 Å². The van der Waals surface area contributed by atoms with Gasteiger partial charge in [-0.25, -0.2) is 0 Å². The molecule has 0 aromatic heterocycles. The zero-order valence-electron chi connectivity index (χ0n) is 14.5. The first-order valence-corrected chi connectivity index (χ1v) is 8.49. The van der Waals surface area contributed by atoms with E-state index in [1.807, 2.05) is 54.6 Å². The fourth-order valence-electron chi connectivity index (χ4n) is 2.32. The molecular formula is C20H26N2O2. The minimum absolute atomic E-state index is 0.00228. The van der Waals surface area contributed by atoms with Crippen molar-refractivity contribution in [1.82, 2.24) is 4.90 Å². The Hall–Kier alpha value is -2.33. The molecule has 0 aliphatic heterocycles. The van der Waals surface area contributed by atoms with Crippen molar-refractivity contribution in [2.24, 2.45) is 0 Å². The van der Waals surface area contributed by atoms with Gasteiger partial charge in [0.2, 0.25) is 5.91 Å². The summed E-state index contributed by atoms with van der Waals surface area (Å²) in [4.78, 5) is 14.4. The molecule has 2 aromatic carbocycles. The highest BCUT2D eigenvalue weighted by molar-refractivity contribution is 5.92. The third-order valence-electron chi connectivity index (χ3n) is 3.75. The van der Waals surface area contributed by atoms with Gasteiger partial charge in [0.25, 0.3) is 0 Å². The first-order valence-electron chi connectivity index (χ1n) is 8.49. The van der Waals surface area contributed by atoms with Crippen LogP contribution in [0, 0.1) is 0 Å². The molecule has 2 aromatic rings. The van der Waals surface area contributed by atoms with Crippen LogP contribution in [0.2, 0.25) is 0 Å². The number of anilines is 1. The summed E-state index contributed by atoms with van der Waals surface area (Å²) >= 11 is 0. The second-order valence-corrected chi connectivity index (χ2v) is 5.87.